The number of carbonyl (C=O) groups excluding carboxylic acids is 2. The zero-order chi connectivity index (χ0) is 14.3. The molecule has 0 aliphatic heterocycles. The molecule has 0 aliphatic carbocycles. The van der Waals surface area contributed by atoms with Crippen molar-refractivity contribution in [3.63, 3.8) is 0 Å². The molecule has 0 atom stereocenters. The maximum atomic E-state index is 11.9. The zero-order valence-corrected chi connectivity index (χ0v) is 11.3. The van der Waals surface area contributed by atoms with Crippen LogP contribution in [0.5, 0.6) is 0 Å². The molecule has 2 N–H and O–H groups in total. The minimum atomic E-state index is -0.321. The first kappa shape index (κ1) is 14.9. The molecule has 0 radical (unpaired) electrons. The van der Waals surface area contributed by atoms with Crippen molar-refractivity contribution in [3.05, 3.63) is 42.2 Å². The van der Waals surface area contributed by atoms with E-state index in [1.807, 2.05) is 13.8 Å². The van der Waals surface area contributed by atoms with Gasteiger partial charge >= 0.3 is 0 Å². The lowest BCUT2D eigenvalue weighted by atomic mass is 10.2. The van der Waals surface area contributed by atoms with Gasteiger partial charge in [-0.15, -0.1) is 6.58 Å². The second-order valence-corrected chi connectivity index (χ2v) is 4.53. The molecular formula is C14H19N3O2. The zero-order valence-electron chi connectivity index (χ0n) is 11.3. The molecular weight excluding hydrogens is 242 g/mol. The van der Waals surface area contributed by atoms with Gasteiger partial charge in [0.25, 0.3) is 11.8 Å². The molecule has 5 heteroatoms. The monoisotopic (exact) mass is 261 g/mol. The molecule has 1 aromatic rings. The molecule has 1 rings (SSSR count). The van der Waals surface area contributed by atoms with E-state index in [0.29, 0.717) is 24.6 Å². The van der Waals surface area contributed by atoms with Gasteiger partial charge in [-0.05, 0) is 18.1 Å². The summed E-state index contributed by atoms with van der Waals surface area (Å²) in [5, 5.41) is 5.41. The SMILES string of the molecule is C=CCNC(=O)c1cc(C(=O)NCC(C)C)ccn1. The Balaban J connectivity index is 2.73. The van der Waals surface area contributed by atoms with E-state index in [2.05, 4.69) is 22.2 Å². The summed E-state index contributed by atoms with van der Waals surface area (Å²) in [7, 11) is 0. The predicted molar refractivity (Wildman–Crippen MR) is 73.9 cm³/mol. The fourth-order valence-electron chi connectivity index (χ4n) is 1.35. The number of amides is 2. The number of nitrogens with one attached hydrogen (secondary N) is 2. The largest absolute Gasteiger partial charge is 0.352 e. The molecule has 19 heavy (non-hydrogen) atoms. The van der Waals surface area contributed by atoms with E-state index >= 15 is 0 Å². The minimum absolute atomic E-state index is 0.200. The summed E-state index contributed by atoms with van der Waals surface area (Å²) < 4.78 is 0. The van der Waals surface area contributed by atoms with Crippen LogP contribution in [0.3, 0.4) is 0 Å². The summed E-state index contributed by atoms with van der Waals surface area (Å²) in [6, 6.07) is 3.06. The fraction of sp³-hybridized carbons (Fsp3) is 0.357. The van der Waals surface area contributed by atoms with E-state index < -0.39 is 0 Å². The maximum Gasteiger partial charge on any atom is 0.270 e. The second-order valence-electron chi connectivity index (χ2n) is 4.53. The third-order valence-electron chi connectivity index (χ3n) is 2.33. The van der Waals surface area contributed by atoms with Gasteiger partial charge < -0.3 is 10.6 Å². The standard InChI is InChI=1S/C14H19N3O2/c1-4-6-16-14(19)12-8-11(5-7-15-12)13(18)17-9-10(2)3/h4-5,7-8,10H,1,6,9H2,2-3H3,(H,16,19)(H,17,18). The van der Waals surface area contributed by atoms with Gasteiger partial charge in [0.05, 0.1) is 0 Å². The van der Waals surface area contributed by atoms with Crippen molar-refractivity contribution in [2.24, 2.45) is 5.92 Å². The van der Waals surface area contributed by atoms with Crippen LogP contribution >= 0.6 is 0 Å². The van der Waals surface area contributed by atoms with Crippen molar-refractivity contribution in [3.8, 4) is 0 Å². The highest BCUT2D eigenvalue weighted by Crippen LogP contribution is 2.02. The topological polar surface area (TPSA) is 71.1 Å². The van der Waals surface area contributed by atoms with Crippen LogP contribution in [0.2, 0.25) is 0 Å². The summed E-state index contributed by atoms with van der Waals surface area (Å²) in [4.78, 5) is 27.5. The van der Waals surface area contributed by atoms with Gasteiger partial charge in [-0.2, -0.15) is 0 Å². The Labute approximate surface area is 113 Å². The van der Waals surface area contributed by atoms with Gasteiger partial charge in [0.15, 0.2) is 0 Å². The Kier molecular flexibility index (Phi) is 5.73. The number of pyridine rings is 1. The molecule has 5 nitrogen and oxygen atoms in total. The molecule has 1 aromatic heterocycles. The Bertz CT molecular complexity index is 470. The minimum Gasteiger partial charge on any atom is -0.352 e. The van der Waals surface area contributed by atoms with Crippen LogP contribution in [-0.4, -0.2) is 29.9 Å². The molecule has 0 spiro atoms. The van der Waals surface area contributed by atoms with Gasteiger partial charge in [-0.3, -0.25) is 14.6 Å². The van der Waals surface area contributed by atoms with Crippen molar-refractivity contribution >= 4 is 11.8 Å². The van der Waals surface area contributed by atoms with Crippen LogP contribution in [0.15, 0.2) is 31.0 Å². The summed E-state index contributed by atoms with van der Waals surface area (Å²) in [5.74, 6) is -0.145. The first-order chi connectivity index (χ1) is 9.04. The number of hydrogen-bond donors (Lipinski definition) is 2. The van der Waals surface area contributed by atoms with Crippen molar-refractivity contribution < 1.29 is 9.59 Å². The van der Waals surface area contributed by atoms with E-state index in [0.717, 1.165) is 0 Å². The first-order valence-corrected chi connectivity index (χ1v) is 6.18. The summed E-state index contributed by atoms with van der Waals surface area (Å²) in [6.45, 7) is 8.51. The Hall–Kier alpha value is -2.17. The Morgan fingerprint density at radius 3 is 2.74 bits per heavy atom. The number of rotatable bonds is 6. The summed E-state index contributed by atoms with van der Waals surface area (Å²) in [6.07, 6.45) is 3.03. The van der Waals surface area contributed by atoms with Gasteiger partial charge in [0.1, 0.15) is 5.69 Å². The van der Waals surface area contributed by atoms with Crippen LogP contribution in [0.4, 0.5) is 0 Å². The molecule has 0 bridgehead atoms. The van der Waals surface area contributed by atoms with Gasteiger partial charge in [-0.25, -0.2) is 0 Å². The molecule has 0 aromatic carbocycles. The Morgan fingerprint density at radius 1 is 1.37 bits per heavy atom. The summed E-state index contributed by atoms with van der Waals surface area (Å²) in [5.41, 5.74) is 0.651. The molecule has 0 aliphatic rings. The number of hydrogen-bond acceptors (Lipinski definition) is 3. The van der Waals surface area contributed by atoms with Crippen LogP contribution in [0.1, 0.15) is 34.7 Å². The average Bonchev–Trinajstić information content (AvgIpc) is 2.42. The maximum absolute atomic E-state index is 11.9. The lowest BCUT2D eigenvalue weighted by molar-refractivity contribution is 0.0949. The normalized spacial score (nSPS) is 10.1. The van der Waals surface area contributed by atoms with Gasteiger partial charge in [0.2, 0.25) is 0 Å². The van der Waals surface area contributed by atoms with Crippen LogP contribution < -0.4 is 10.6 Å². The van der Waals surface area contributed by atoms with Gasteiger partial charge in [-0.1, -0.05) is 19.9 Å². The van der Waals surface area contributed by atoms with E-state index in [4.69, 9.17) is 0 Å². The molecule has 0 saturated carbocycles. The highest BCUT2D eigenvalue weighted by molar-refractivity contribution is 5.98. The third kappa shape index (κ3) is 4.91. The molecule has 2 amide bonds. The lowest BCUT2D eigenvalue weighted by Gasteiger charge is -2.08. The highest BCUT2D eigenvalue weighted by Gasteiger charge is 2.11. The smallest absolute Gasteiger partial charge is 0.270 e. The van der Waals surface area contributed by atoms with Crippen LogP contribution in [0.25, 0.3) is 0 Å². The highest BCUT2D eigenvalue weighted by atomic mass is 16.2. The fourth-order valence-corrected chi connectivity index (χ4v) is 1.35. The van der Waals surface area contributed by atoms with E-state index in [1.165, 1.54) is 12.3 Å². The summed E-state index contributed by atoms with van der Waals surface area (Å²) >= 11 is 0. The quantitative estimate of drug-likeness (QED) is 0.760. The van der Waals surface area contributed by atoms with Crippen molar-refractivity contribution in [2.75, 3.05) is 13.1 Å². The van der Waals surface area contributed by atoms with Gasteiger partial charge in [0, 0.05) is 24.8 Å². The van der Waals surface area contributed by atoms with Crippen LogP contribution in [0, 0.1) is 5.92 Å². The van der Waals surface area contributed by atoms with Crippen molar-refractivity contribution in [1.82, 2.24) is 15.6 Å². The van der Waals surface area contributed by atoms with E-state index in [-0.39, 0.29) is 17.5 Å². The number of aromatic nitrogens is 1. The Morgan fingerprint density at radius 2 is 2.11 bits per heavy atom. The molecule has 0 unspecified atom stereocenters. The lowest BCUT2D eigenvalue weighted by Crippen LogP contribution is -2.28. The van der Waals surface area contributed by atoms with Crippen LogP contribution in [-0.2, 0) is 0 Å². The van der Waals surface area contributed by atoms with Crippen molar-refractivity contribution in [1.29, 1.82) is 0 Å². The second kappa shape index (κ2) is 7.31. The predicted octanol–water partition coefficient (Wildman–Crippen LogP) is 1.38. The van der Waals surface area contributed by atoms with Crippen molar-refractivity contribution in [2.45, 2.75) is 13.8 Å². The molecule has 0 fully saturated rings. The number of nitrogens with zero attached hydrogens (tertiary/aromatic N) is 1. The third-order valence-corrected chi connectivity index (χ3v) is 2.33. The van der Waals surface area contributed by atoms with E-state index in [9.17, 15) is 9.59 Å². The molecule has 102 valence electrons. The molecule has 0 saturated heterocycles. The first-order valence-electron chi connectivity index (χ1n) is 6.18. The molecule has 1 heterocycles. The number of carbonyl (C=O) groups is 2. The average molecular weight is 261 g/mol. The van der Waals surface area contributed by atoms with E-state index in [1.54, 1.807) is 12.1 Å².